The molecule has 0 fully saturated rings. The first-order valence-corrected chi connectivity index (χ1v) is 5.90. The minimum absolute atomic E-state index is 0.210. The number of carbonyl (C=O) groups is 2. The molecular formula is C13H17NO5. The fraction of sp³-hybridized carbons (Fsp3) is 0.385. The van der Waals surface area contributed by atoms with Crippen LogP contribution >= 0.6 is 0 Å². The van der Waals surface area contributed by atoms with Gasteiger partial charge in [-0.2, -0.15) is 0 Å². The first-order valence-electron chi connectivity index (χ1n) is 5.90. The Morgan fingerprint density at radius 2 is 1.79 bits per heavy atom. The van der Waals surface area contributed by atoms with Gasteiger partial charge in [-0.25, -0.2) is 4.79 Å². The summed E-state index contributed by atoms with van der Waals surface area (Å²) in [6, 6.07) is 3.03. The molecule has 0 saturated heterocycles. The van der Waals surface area contributed by atoms with Crippen molar-refractivity contribution >= 4 is 18.1 Å². The van der Waals surface area contributed by atoms with Gasteiger partial charge in [0.2, 0.25) is 6.41 Å². The van der Waals surface area contributed by atoms with Crippen molar-refractivity contribution in [1.29, 1.82) is 0 Å². The molecule has 1 aromatic carbocycles. The van der Waals surface area contributed by atoms with Crippen molar-refractivity contribution in [2.24, 2.45) is 0 Å². The van der Waals surface area contributed by atoms with Crippen LogP contribution in [-0.2, 0) is 9.53 Å². The Bertz CT molecular complexity index is 459. The van der Waals surface area contributed by atoms with Gasteiger partial charge in [0.15, 0.2) is 11.5 Å². The second-order valence-electron chi connectivity index (χ2n) is 3.46. The van der Waals surface area contributed by atoms with E-state index in [0.717, 1.165) is 0 Å². The number of methoxy groups -OCH3 is 1. The third-order valence-electron chi connectivity index (χ3n) is 2.30. The van der Waals surface area contributed by atoms with Crippen molar-refractivity contribution in [3.63, 3.8) is 0 Å². The highest BCUT2D eigenvalue weighted by atomic mass is 16.5. The molecule has 1 aromatic rings. The van der Waals surface area contributed by atoms with Crippen LogP contribution in [0.1, 0.15) is 24.2 Å². The third-order valence-corrected chi connectivity index (χ3v) is 2.30. The van der Waals surface area contributed by atoms with Gasteiger partial charge in [-0.15, -0.1) is 0 Å². The lowest BCUT2D eigenvalue weighted by Gasteiger charge is -2.15. The maximum Gasteiger partial charge on any atom is 0.340 e. The number of amides is 1. The van der Waals surface area contributed by atoms with E-state index in [1.807, 2.05) is 13.8 Å². The Hall–Kier alpha value is -2.24. The van der Waals surface area contributed by atoms with Gasteiger partial charge in [0, 0.05) is 12.1 Å². The van der Waals surface area contributed by atoms with E-state index < -0.39 is 5.97 Å². The average molecular weight is 267 g/mol. The molecule has 0 radical (unpaired) electrons. The zero-order valence-electron chi connectivity index (χ0n) is 11.2. The summed E-state index contributed by atoms with van der Waals surface area (Å²) in [6.45, 7) is 4.53. The fourth-order valence-electron chi connectivity index (χ4n) is 1.56. The van der Waals surface area contributed by atoms with E-state index in [4.69, 9.17) is 9.47 Å². The summed E-state index contributed by atoms with van der Waals surface area (Å²) in [5.41, 5.74) is 0.523. The predicted octanol–water partition coefficient (Wildman–Crippen LogP) is 1.84. The number of hydrogen-bond acceptors (Lipinski definition) is 5. The van der Waals surface area contributed by atoms with Crippen molar-refractivity contribution in [1.82, 2.24) is 0 Å². The molecule has 0 saturated carbocycles. The smallest absolute Gasteiger partial charge is 0.340 e. The van der Waals surface area contributed by atoms with Crippen LogP contribution in [0.25, 0.3) is 0 Å². The molecule has 19 heavy (non-hydrogen) atoms. The first kappa shape index (κ1) is 14.8. The van der Waals surface area contributed by atoms with E-state index in [1.54, 1.807) is 0 Å². The molecule has 1 rings (SSSR count). The lowest BCUT2D eigenvalue weighted by Crippen LogP contribution is -2.09. The highest BCUT2D eigenvalue weighted by Gasteiger charge is 2.17. The van der Waals surface area contributed by atoms with Crippen molar-refractivity contribution in [2.45, 2.75) is 13.8 Å². The zero-order chi connectivity index (χ0) is 14.3. The molecule has 0 atom stereocenters. The number of anilines is 1. The van der Waals surface area contributed by atoms with Gasteiger partial charge in [0.1, 0.15) is 0 Å². The van der Waals surface area contributed by atoms with Crippen LogP contribution in [0.2, 0.25) is 0 Å². The van der Waals surface area contributed by atoms with Crippen molar-refractivity contribution in [3.05, 3.63) is 17.7 Å². The van der Waals surface area contributed by atoms with Crippen LogP contribution in [0.3, 0.4) is 0 Å². The quantitative estimate of drug-likeness (QED) is 0.602. The fourth-order valence-corrected chi connectivity index (χ4v) is 1.56. The zero-order valence-corrected chi connectivity index (χ0v) is 11.2. The number of benzene rings is 1. The van der Waals surface area contributed by atoms with E-state index in [-0.39, 0.29) is 5.56 Å². The molecule has 0 aliphatic carbocycles. The largest absolute Gasteiger partial charge is 0.490 e. The summed E-state index contributed by atoms with van der Waals surface area (Å²) in [5.74, 6) is 0.330. The monoisotopic (exact) mass is 267 g/mol. The number of carbonyl (C=O) groups excluding carboxylic acids is 2. The molecular weight excluding hydrogens is 250 g/mol. The SMILES string of the molecule is CCOc1cc(NC=O)c(C(=O)OC)cc1OCC. The van der Waals surface area contributed by atoms with Crippen LogP contribution in [-0.4, -0.2) is 32.7 Å². The maximum atomic E-state index is 11.7. The van der Waals surface area contributed by atoms with Crippen LogP contribution in [0, 0.1) is 0 Å². The average Bonchev–Trinajstić information content (AvgIpc) is 2.41. The Morgan fingerprint density at radius 1 is 1.21 bits per heavy atom. The molecule has 0 aromatic heterocycles. The van der Waals surface area contributed by atoms with E-state index in [1.165, 1.54) is 19.2 Å². The second kappa shape index (κ2) is 7.25. The lowest BCUT2D eigenvalue weighted by molar-refractivity contribution is -0.105. The summed E-state index contributed by atoms with van der Waals surface area (Å²) in [7, 11) is 1.27. The molecule has 1 amide bonds. The summed E-state index contributed by atoms with van der Waals surface area (Å²) < 4.78 is 15.5. The van der Waals surface area contributed by atoms with Crippen molar-refractivity contribution < 1.29 is 23.8 Å². The van der Waals surface area contributed by atoms with E-state index in [9.17, 15) is 9.59 Å². The highest BCUT2D eigenvalue weighted by molar-refractivity contribution is 5.98. The van der Waals surface area contributed by atoms with Crippen molar-refractivity contribution in [3.8, 4) is 11.5 Å². The van der Waals surface area contributed by atoms with Crippen LogP contribution in [0.4, 0.5) is 5.69 Å². The van der Waals surface area contributed by atoms with E-state index in [2.05, 4.69) is 10.1 Å². The molecule has 6 heteroatoms. The Balaban J connectivity index is 3.30. The standard InChI is InChI=1S/C13H17NO5/c1-4-18-11-6-9(13(16)17-3)10(14-8-15)7-12(11)19-5-2/h6-8H,4-5H2,1-3H3,(H,14,15). The van der Waals surface area contributed by atoms with E-state index in [0.29, 0.717) is 36.8 Å². The molecule has 0 aliphatic rings. The minimum atomic E-state index is -0.562. The lowest BCUT2D eigenvalue weighted by atomic mass is 10.1. The van der Waals surface area contributed by atoms with Gasteiger partial charge in [0.25, 0.3) is 0 Å². The summed E-state index contributed by atoms with van der Waals surface area (Å²) >= 11 is 0. The van der Waals surface area contributed by atoms with Gasteiger partial charge in [-0.1, -0.05) is 0 Å². The number of esters is 1. The summed E-state index contributed by atoms with van der Waals surface area (Å²) in [6.07, 6.45) is 0.484. The molecule has 0 aliphatic heterocycles. The number of nitrogens with one attached hydrogen (secondary N) is 1. The molecule has 6 nitrogen and oxygen atoms in total. The van der Waals surface area contributed by atoms with Gasteiger partial charge in [0.05, 0.1) is 31.6 Å². The van der Waals surface area contributed by atoms with Gasteiger partial charge >= 0.3 is 5.97 Å². The molecule has 0 spiro atoms. The highest BCUT2D eigenvalue weighted by Crippen LogP contribution is 2.34. The molecule has 1 N–H and O–H groups in total. The summed E-state index contributed by atoms with van der Waals surface area (Å²) in [4.78, 5) is 22.2. The number of rotatable bonds is 7. The number of hydrogen-bond donors (Lipinski definition) is 1. The maximum absolute atomic E-state index is 11.7. The van der Waals surface area contributed by atoms with Gasteiger partial charge in [-0.05, 0) is 13.8 Å². The number of ether oxygens (including phenoxy) is 3. The molecule has 0 unspecified atom stereocenters. The molecule has 0 bridgehead atoms. The Kier molecular flexibility index (Phi) is 5.66. The van der Waals surface area contributed by atoms with Crippen LogP contribution < -0.4 is 14.8 Å². The van der Waals surface area contributed by atoms with Crippen LogP contribution in [0.15, 0.2) is 12.1 Å². The predicted molar refractivity (Wildman–Crippen MR) is 69.8 cm³/mol. The molecule has 104 valence electrons. The summed E-state index contributed by atoms with van der Waals surface area (Å²) in [5, 5.41) is 2.44. The van der Waals surface area contributed by atoms with E-state index >= 15 is 0 Å². The molecule has 0 heterocycles. The Labute approximate surface area is 111 Å². The first-order chi connectivity index (χ1) is 9.17. The third kappa shape index (κ3) is 3.61. The van der Waals surface area contributed by atoms with Gasteiger partial charge < -0.3 is 19.5 Å². The topological polar surface area (TPSA) is 73.9 Å². The Morgan fingerprint density at radius 3 is 2.26 bits per heavy atom. The van der Waals surface area contributed by atoms with Gasteiger partial charge in [-0.3, -0.25) is 4.79 Å². The second-order valence-corrected chi connectivity index (χ2v) is 3.46. The normalized spacial score (nSPS) is 9.63. The van der Waals surface area contributed by atoms with Crippen LogP contribution in [0.5, 0.6) is 11.5 Å². The minimum Gasteiger partial charge on any atom is -0.490 e. The van der Waals surface area contributed by atoms with Crippen molar-refractivity contribution in [2.75, 3.05) is 25.6 Å².